The molecule has 2 N–H and O–H groups in total. The number of hydrogen-bond acceptors (Lipinski definition) is 6. The molecule has 0 bridgehead atoms. The van der Waals surface area contributed by atoms with Crippen LogP contribution in [0.4, 0.5) is 0 Å². The molecule has 112 valence electrons. The van der Waals surface area contributed by atoms with Crippen molar-refractivity contribution in [2.75, 3.05) is 6.61 Å². The Labute approximate surface area is 131 Å². The maximum absolute atomic E-state index is 12.1. The molecule has 0 atom stereocenters. The Morgan fingerprint density at radius 3 is 2.95 bits per heavy atom. The summed E-state index contributed by atoms with van der Waals surface area (Å²) in [5, 5.41) is 11.3. The molecule has 0 aliphatic carbocycles. The average molecular weight is 342 g/mol. The van der Waals surface area contributed by atoms with E-state index in [0.717, 1.165) is 21.8 Å². The van der Waals surface area contributed by atoms with E-state index in [1.165, 1.54) is 17.5 Å². The number of aryl methyl sites for hydroxylation is 1. The largest absolute Gasteiger partial charge is 0.395 e. The van der Waals surface area contributed by atoms with Crippen LogP contribution in [0.15, 0.2) is 21.9 Å². The SMILES string of the molecule is Cc1ncc(S(=O)(=O)NCc2sccc2C#CCCO)s1. The predicted molar refractivity (Wildman–Crippen MR) is 83.8 cm³/mol. The summed E-state index contributed by atoms with van der Waals surface area (Å²) in [7, 11) is -3.53. The van der Waals surface area contributed by atoms with Crippen molar-refractivity contribution in [2.24, 2.45) is 0 Å². The maximum atomic E-state index is 12.1. The van der Waals surface area contributed by atoms with Crippen LogP contribution in [0.1, 0.15) is 21.9 Å². The smallest absolute Gasteiger partial charge is 0.252 e. The molecule has 0 aliphatic heterocycles. The second kappa shape index (κ2) is 7.15. The fourth-order valence-corrected chi connectivity index (χ4v) is 4.51. The summed E-state index contributed by atoms with van der Waals surface area (Å²) in [6.45, 7) is 1.97. The molecule has 8 heteroatoms. The number of rotatable bonds is 5. The fraction of sp³-hybridized carbons (Fsp3) is 0.308. The van der Waals surface area contributed by atoms with Crippen LogP contribution in [0.2, 0.25) is 0 Å². The molecule has 0 fully saturated rings. The van der Waals surface area contributed by atoms with Gasteiger partial charge in [-0.1, -0.05) is 11.8 Å². The Bertz CT molecular complexity index is 766. The lowest BCUT2D eigenvalue weighted by Crippen LogP contribution is -2.22. The number of aliphatic hydroxyl groups excluding tert-OH is 1. The van der Waals surface area contributed by atoms with Gasteiger partial charge in [-0.2, -0.15) is 0 Å². The number of hydrogen-bond donors (Lipinski definition) is 2. The number of thiophene rings is 1. The molecule has 0 radical (unpaired) electrons. The number of thiazole rings is 1. The van der Waals surface area contributed by atoms with E-state index >= 15 is 0 Å². The van der Waals surface area contributed by atoms with Crippen molar-refractivity contribution in [2.45, 2.75) is 24.1 Å². The van der Waals surface area contributed by atoms with Crippen LogP contribution in [0.3, 0.4) is 0 Å². The molecule has 5 nitrogen and oxygen atoms in total. The van der Waals surface area contributed by atoms with E-state index in [0.29, 0.717) is 11.4 Å². The average Bonchev–Trinajstić information content (AvgIpc) is 3.06. The minimum absolute atomic E-state index is 0.0177. The molecular formula is C13H14N2O3S3. The van der Waals surface area contributed by atoms with E-state index in [4.69, 9.17) is 5.11 Å². The predicted octanol–water partition coefficient (Wildman–Crippen LogP) is 1.73. The zero-order valence-electron chi connectivity index (χ0n) is 11.3. The summed E-state index contributed by atoms with van der Waals surface area (Å²) in [5.74, 6) is 5.76. The highest BCUT2D eigenvalue weighted by atomic mass is 32.2. The van der Waals surface area contributed by atoms with E-state index < -0.39 is 10.0 Å². The summed E-state index contributed by atoms with van der Waals surface area (Å²) in [5.41, 5.74) is 0.789. The van der Waals surface area contributed by atoms with Crippen LogP contribution in [0, 0.1) is 18.8 Å². The van der Waals surface area contributed by atoms with Crippen molar-refractivity contribution in [3.05, 3.63) is 33.1 Å². The summed E-state index contributed by atoms with van der Waals surface area (Å²) < 4.78 is 27.0. The van der Waals surface area contributed by atoms with Crippen LogP contribution < -0.4 is 4.72 Å². The first kappa shape index (κ1) is 16.1. The maximum Gasteiger partial charge on any atom is 0.252 e. The van der Waals surface area contributed by atoms with Crippen LogP contribution >= 0.6 is 22.7 Å². The van der Waals surface area contributed by atoms with E-state index in [1.54, 1.807) is 6.92 Å². The van der Waals surface area contributed by atoms with Crippen molar-refractivity contribution in [1.82, 2.24) is 9.71 Å². The molecule has 2 aromatic heterocycles. The van der Waals surface area contributed by atoms with Crippen molar-refractivity contribution in [3.63, 3.8) is 0 Å². The highest BCUT2D eigenvalue weighted by molar-refractivity contribution is 7.91. The van der Waals surface area contributed by atoms with Crippen molar-refractivity contribution in [3.8, 4) is 11.8 Å². The van der Waals surface area contributed by atoms with Crippen molar-refractivity contribution < 1.29 is 13.5 Å². The summed E-state index contributed by atoms with van der Waals surface area (Å²) in [6, 6.07) is 1.84. The monoisotopic (exact) mass is 342 g/mol. The molecule has 0 spiro atoms. The molecule has 2 heterocycles. The van der Waals surface area contributed by atoms with Crippen molar-refractivity contribution >= 4 is 32.7 Å². The number of aromatic nitrogens is 1. The van der Waals surface area contributed by atoms with Crippen LogP contribution in [-0.4, -0.2) is 25.1 Å². The lowest BCUT2D eigenvalue weighted by Gasteiger charge is -2.03. The minimum Gasteiger partial charge on any atom is -0.395 e. The van der Waals surface area contributed by atoms with Gasteiger partial charge in [0.1, 0.15) is 0 Å². The summed E-state index contributed by atoms with van der Waals surface area (Å²) in [4.78, 5) is 4.80. The standard InChI is InChI=1S/C13H14N2O3S3/c1-10-14-9-13(20-10)21(17,18)15-8-12-11(5-7-19-12)4-2-3-6-16/h5,7,9,15-16H,3,6,8H2,1H3. The number of aliphatic hydroxyl groups is 1. The summed E-state index contributed by atoms with van der Waals surface area (Å²) in [6.07, 6.45) is 1.76. The molecular weight excluding hydrogens is 328 g/mol. The Morgan fingerprint density at radius 1 is 1.48 bits per heavy atom. The third kappa shape index (κ3) is 4.36. The van der Waals surface area contributed by atoms with Gasteiger partial charge < -0.3 is 5.11 Å². The third-order valence-electron chi connectivity index (χ3n) is 2.49. The van der Waals surface area contributed by atoms with Crippen molar-refractivity contribution in [1.29, 1.82) is 0 Å². The van der Waals surface area contributed by atoms with Gasteiger partial charge in [-0.15, -0.1) is 22.7 Å². The van der Waals surface area contributed by atoms with E-state index in [2.05, 4.69) is 21.5 Å². The van der Waals surface area contributed by atoms with Gasteiger partial charge in [0.15, 0.2) is 4.21 Å². The minimum atomic E-state index is -3.53. The highest BCUT2D eigenvalue weighted by Gasteiger charge is 2.17. The third-order valence-corrected chi connectivity index (χ3v) is 6.19. The zero-order chi connectivity index (χ0) is 15.3. The zero-order valence-corrected chi connectivity index (χ0v) is 13.7. The van der Waals surface area contributed by atoms with E-state index in [-0.39, 0.29) is 17.4 Å². The lowest BCUT2D eigenvalue weighted by molar-refractivity contribution is 0.305. The number of nitrogens with one attached hydrogen (secondary N) is 1. The van der Waals surface area contributed by atoms with E-state index in [1.807, 2.05) is 11.4 Å². The normalized spacial score (nSPS) is 11.1. The second-order valence-electron chi connectivity index (χ2n) is 4.06. The Kier molecular flexibility index (Phi) is 5.50. The first-order valence-corrected chi connectivity index (χ1v) is 9.29. The molecule has 0 aliphatic rings. The first-order valence-electron chi connectivity index (χ1n) is 6.11. The quantitative estimate of drug-likeness (QED) is 0.811. The van der Waals surface area contributed by atoms with Crippen LogP contribution in [-0.2, 0) is 16.6 Å². The Balaban J connectivity index is 2.07. The molecule has 0 amide bonds. The van der Waals surface area contributed by atoms with Crippen LogP contribution in [0.5, 0.6) is 0 Å². The Morgan fingerprint density at radius 2 is 2.29 bits per heavy atom. The van der Waals surface area contributed by atoms with Gasteiger partial charge in [0.05, 0.1) is 17.8 Å². The highest BCUT2D eigenvalue weighted by Crippen LogP contribution is 2.20. The van der Waals surface area contributed by atoms with Gasteiger partial charge in [0.25, 0.3) is 10.0 Å². The Hall–Kier alpha value is -1.24. The molecule has 21 heavy (non-hydrogen) atoms. The van der Waals surface area contributed by atoms with Gasteiger partial charge in [0, 0.05) is 23.4 Å². The van der Waals surface area contributed by atoms with Gasteiger partial charge in [-0.3, -0.25) is 0 Å². The first-order chi connectivity index (χ1) is 10.0. The molecule has 2 rings (SSSR count). The molecule has 0 saturated heterocycles. The molecule has 0 unspecified atom stereocenters. The summed E-state index contributed by atoms with van der Waals surface area (Å²) >= 11 is 2.58. The molecule has 0 saturated carbocycles. The van der Waals surface area contributed by atoms with Gasteiger partial charge in [-0.25, -0.2) is 18.1 Å². The van der Waals surface area contributed by atoms with E-state index in [9.17, 15) is 8.42 Å². The molecule has 2 aromatic rings. The lowest BCUT2D eigenvalue weighted by atomic mass is 10.2. The van der Waals surface area contributed by atoms with Gasteiger partial charge in [-0.05, 0) is 18.4 Å². The second-order valence-corrected chi connectivity index (χ2v) is 8.28. The number of sulfonamides is 1. The molecule has 0 aromatic carbocycles. The fourth-order valence-electron chi connectivity index (χ4n) is 1.50. The van der Waals surface area contributed by atoms with Gasteiger partial charge in [0.2, 0.25) is 0 Å². The topological polar surface area (TPSA) is 79.3 Å². The van der Waals surface area contributed by atoms with Crippen LogP contribution in [0.25, 0.3) is 0 Å². The van der Waals surface area contributed by atoms with Gasteiger partial charge >= 0.3 is 0 Å². The number of nitrogens with zero attached hydrogens (tertiary/aromatic N) is 1.